The van der Waals surface area contributed by atoms with Crippen LogP contribution in [0.2, 0.25) is 0 Å². The number of carbonyl (C=O) groups is 1. The van der Waals surface area contributed by atoms with Gasteiger partial charge in [0.1, 0.15) is 18.2 Å². The molecule has 4 rings (SSSR count). The van der Waals surface area contributed by atoms with Crippen molar-refractivity contribution in [1.82, 2.24) is 13.9 Å². The van der Waals surface area contributed by atoms with Crippen molar-refractivity contribution in [1.29, 1.82) is 0 Å². The number of fused-ring (bicyclic) bond motifs is 1. The van der Waals surface area contributed by atoms with Crippen molar-refractivity contribution < 1.29 is 27.4 Å². The number of nitrogens with zero attached hydrogens (tertiary/aromatic N) is 3. The predicted molar refractivity (Wildman–Crippen MR) is 126 cm³/mol. The molecule has 3 aromatic rings. The molecule has 2 heterocycles. The Bertz CT molecular complexity index is 1250. The average molecular weight is 488 g/mol. The van der Waals surface area contributed by atoms with Crippen LogP contribution in [0.5, 0.6) is 5.75 Å². The Morgan fingerprint density at radius 1 is 1.09 bits per heavy atom. The molecular weight excluding hydrogens is 458 g/mol. The van der Waals surface area contributed by atoms with Gasteiger partial charge in [0.25, 0.3) is 0 Å². The van der Waals surface area contributed by atoms with Crippen LogP contribution in [-0.4, -0.2) is 61.2 Å². The van der Waals surface area contributed by atoms with Gasteiger partial charge in [-0.15, -0.1) is 0 Å². The van der Waals surface area contributed by atoms with Crippen LogP contribution in [0.25, 0.3) is 11.0 Å². The first kappa shape index (κ1) is 24.2. The lowest BCUT2D eigenvalue weighted by Crippen LogP contribution is -2.40. The Kier molecular flexibility index (Phi) is 7.50. The third-order valence-corrected chi connectivity index (χ3v) is 7.67. The zero-order chi connectivity index (χ0) is 24.1. The predicted octanol–water partition coefficient (Wildman–Crippen LogP) is 2.76. The third-order valence-electron chi connectivity index (χ3n) is 5.77. The van der Waals surface area contributed by atoms with Gasteiger partial charge in [-0.2, -0.15) is 4.31 Å². The maximum absolute atomic E-state index is 13.0. The van der Waals surface area contributed by atoms with E-state index in [0.717, 1.165) is 11.9 Å². The normalized spacial score (nSPS) is 14.9. The number of sulfonamides is 1. The minimum Gasteiger partial charge on any atom is -0.482 e. The summed E-state index contributed by atoms with van der Waals surface area (Å²) in [7, 11) is -3.63. The largest absolute Gasteiger partial charge is 0.482 e. The number of ether oxygens (including phenoxy) is 3. The number of rotatable bonds is 9. The molecule has 0 spiro atoms. The summed E-state index contributed by atoms with van der Waals surface area (Å²) in [6.45, 7) is 5.80. The van der Waals surface area contributed by atoms with Gasteiger partial charge >= 0.3 is 5.97 Å². The number of hydrogen-bond donors (Lipinski definition) is 0. The van der Waals surface area contributed by atoms with Gasteiger partial charge in [-0.1, -0.05) is 19.1 Å². The first-order valence-electron chi connectivity index (χ1n) is 11.4. The molecule has 1 aromatic heterocycles. The van der Waals surface area contributed by atoms with E-state index < -0.39 is 16.0 Å². The number of carbonyl (C=O) groups excluding carboxylic acids is 1. The van der Waals surface area contributed by atoms with E-state index in [1.807, 2.05) is 35.8 Å². The van der Waals surface area contributed by atoms with E-state index in [1.54, 1.807) is 18.2 Å². The van der Waals surface area contributed by atoms with Crippen LogP contribution in [0, 0.1) is 0 Å². The molecule has 0 saturated carbocycles. The van der Waals surface area contributed by atoms with Crippen LogP contribution < -0.4 is 4.74 Å². The van der Waals surface area contributed by atoms with E-state index in [-0.39, 0.29) is 18.1 Å². The van der Waals surface area contributed by atoms with Crippen LogP contribution in [0.15, 0.2) is 47.4 Å². The number of hydrogen-bond acceptors (Lipinski definition) is 7. The van der Waals surface area contributed by atoms with Crippen molar-refractivity contribution in [3.05, 3.63) is 53.9 Å². The highest BCUT2D eigenvalue weighted by atomic mass is 32.2. The lowest BCUT2D eigenvalue weighted by molar-refractivity contribution is -0.147. The van der Waals surface area contributed by atoms with E-state index in [2.05, 4.69) is 11.9 Å². The molecule has 0 aliphatic carbocycles. The van der Waals surface area contributed by atoms with Crippen LogP contribution in [0.1, 0.15) is 25.2 Å². The zero-order valence-electron chi connectivity index (χ0n) is 19.4. The lowest BCUT2D eigenvalue weighted by atomic mass is 10.2. The van der Waals surface area contributed by atoms with Gasteiger partial charge in [-0.25, -0.2) is 18.2 Å². The average Bonchev–Trinajstić information content (AvgIpc) is 3.23. The maximum Gasteiger partial charge on any atom is 0.344 e. The summed E-state index contributed by atoms with van der Waals surface area (Å²) < 4.78 is 45.4. The Morgan fingerprint density at radius 2 is 1.82 bits per heavy atom. The standard InChI is InChI=1S/C24H29N3O6S/c1-3-18-5-7-19(8-6-18)32-17-24(28)33-16-23-25-21-15-20(9-10-22(21)27(23)4-2)34(29,30)26-11-13-31-14-12-26/h5-10,15H,3-4,11-14,16-17H2,1-2H3. The van der Waals surface area contributed by atoms with Gasteiger partial charge in [0, 0.05) is 19.6 Å². The Morgan fingerprint density at radius 3 is 2.50 bits per heavy atom. The molecule has 10 heteroatoms. The minimum atomic E-state index is -3.63. The first-order valence-corrected chi connectivity index (χ1v) is 12.8. The second-order valence-corrected chi connectivity index (χ2v) is 9.82. The van der Waals surface area contributed by atoms with Crippen LogP contribution in [0.4, 0.5) is 0 Å². The number of esters is 1. The quantitative estimate of drug-likeness (QED) is 0.428. The monoisotopic (exact) mass is 487 g/mol. The van der Waals surface area contributed by atoms with Crippen molar-refractivity contribution in [3.63, 3.8) is 0 Å². The fraction of sp³-hybridized carbons (Fsp3) is 0.417. The van der Waals surface area contributed by atoms with Crippen LogP contribution in [-0.2, 0) is 43.9 Å². The van der Waals surface area contributed by atoms with E-state index >= 15 is 0 Å². The second-order valence-electron chi connectivity index (χ2n) is 7.89. The van der Waals surface area contributed by atoms with Crippen molar-refractivity contribution in [2.24, 2.45) is 0 Å². The summed E-state index contributed by atoms with van der Waals surface area (Å²) in [6.07, 6.45) is 0.932. The van der Waals surface area contributed by atoms with Crippen LogP contribution >= 0.6 is 0 Å². The SMILES string of the molecule is CCc1ccc(OCC(=O)OCc2nc3cc(S(=O)(=O)N4CCOCC4)ccc3n2CC)cc1. The van der Waals surface area contributed by atoms with Crippen molar-refractivity contribution in [2.45, 2.75) is 38.3 Å². The smallest absolute Gasteiger partial charge is 0.344 e. The topological polar surface area (TPSA) is 100.0 Å². The van der Waals surface area contributed by atoms with Crippen molar-refractivity contribution in [2.75, 3.05) is 32.9 Å². The molecule has 0 bridgehead atoms. The highest BCUT2D eigenvalue weighted by molar-refractivity contribution is 7.89. The summed E-state index contributed by atoms with van der Waals surface area (Å²) in [5, 5.41) is 0. The molecule has 1 aliphatic rings. The molecule has 1 fully saturated rings. The lowest BCUT2D eigenvalue weighted by Gasteiger charge is -2.26. The van der Waals surface area contributed by atoms with Crippen LogP contribution in [0.3, 0.4) is 0 Å². The van der Waals surface area contributed by atoms with Crippen molar-refractivity contribution >= 4 is 27.0 Å². The molecule has 34 heavy (non-hydrogen) atoms. The van der Waals surface area contributed by atoms with E-state index in [1.165, 1.54) is 9.87 Å². The maximum atomic E-state index is 13.0. The Balaban J connectivity index is 1.44. The summed E-state index contributed by atoms with van der Waals surface area (Å²) in [5.74, 6) is 0.632. The van der Waals surface area contributed by atoms with Crippen molar-refractivity contribution in [3.8, 4) is 5.75 Å². The van der Waals surface area contributed by atoms with Gasteiger partial charge in [0.05, 0.1) is 29.1 Å². The summed E-state index contributed by atoms with van der Waals surface area (Å²) in [6, 6.07) is 12.5. The first-order chi connectivity index (χ1) is 16.4. The Hall–Kier alpha value is -2.95. The van der Waals surface area contributed by atoms with Gasteiger partial charge in [0.2, 0.25) is 10.0 Å². The molecule has 0 radical (unpaired) electrons. The minimum absolute atomic E-state index is 0.0367. The molecule has 1 saturated heterocycles. The van der Waals surface area contributed by atoms with Gasteiger partial charge < -0.3 is 18.8 Å². The molecule has 182 valence electrons. The number of aryl methyl sites for hydroxylation is 2. The number of imidazole rings is 1. The molecular formula is C24H29N3O6S. The number of morpholine rings is 1. The molecule has 9 nitrogen and oxygen atoms in total. The summed E-state index contributed by atoms with van der Waals surface area (Å²) >= 11 is 0. The second kappa shape index (κ2) is 10.5. The molecule has 2 aromatic carbocycles. The van der Waals surface area contributed by atoms with E-state index in [0.29, 0.717) is 49.9 Å². The summed E-state index contributed by atoms with van der Waals surface area (Å²) in [4.78, 5) is 16.9. The number of aromatic nitrogens is 2. The molecule has 0 unspecified atom stereocenters. The fourth-order valence-electron chi connectivity index (χ4n) is 3.87. The molecule has 0 atom stereocenters. The van der Waals surface area contributed by atoms with Gasteiger partial charge in [-0.3, -0.25) is 0 Å². The molecule has 0 amide bonds. The summed E-state index contributed by atoms with van der Waals surface area (Å²) in [5.41, 5.74) is 2.51. The highest BCUT2D eigenvalue weighted by Gasteiger charge is 2.27. The van der Waals surface area contributed by atoms with Gasteiger partial charge in [0.15, 0.2) is 6.61 Å². The number of benzene rings is 2. The van der Waals surface area contributed by atoms with Gasteiger partial charge in [-0.05, 0) is 49.2 Å². The fourth-order valence-corrected chi connectivity index (χ4v) is 5.30. The highest BCUT2D eigenvalue weighted by Crippen LogP contribution is 2.24. The molecule has 0 N–H and O–H groups in total. The zero-order valence-corrected chi connectivity index (χ0v) is 20.2. The molecule has 1 aliphatic heterocycles. The van der Waals surface area contributed by atoms with E-state index in [9.17, 15) is 13.2 Å². The Labute approximate surface area is 199 Å². The van der Waals surface area contributed by atoms with E-state index in [4.69, 9.17) is 14.2 Å². The third kappa shape index (κ3) is 5.24.